The molecule has 0 unspecified atom stereocenters. The Hall–Kier alpha value is -16.9. The number of hydrogen-bond acceptors (Lipinski definition) is 13. The smallest absolute Gasteiger partial charge is 0.252 e. The van der Waals surface area contributed by atoms with Crippen LogP contribution in [0.1, 0.15) is 0 Å². The van der Waals surface area contributed by atoms with E-state index in [0.717, 1.165) is 145 Å². The quantitative estimate of drug-likeness (QED) is 0.0844. The predicted octanol–water partition coefficient (Wildman–Crippen LogP) is 23.9. The molecule has 2 aliphatic heterocycles. The fraction of sp³-hybridized carbons (Fsp3) is 0. The topological polar surface area (TPSA) is 153 Å². The Morgan fingerprint density at radius 1 is 0.177 bits per heavy atom. The Kier molecular flexibility index (Phi) is 18.0. The van der Waals surface area contributed by atoms with E-state index in [0.29, 0.717) is 63.9 Å². The maximum absolute atomic E-state index is 5.83. The summed E-state index contributed by atoms with van der Waals surface area (Å²) in [5.41, 5.74) is 26.5. The lowest BCUT2D eigenvalue weighted by molar-refractivity contribution is 1.07. The van der Waals surface area contributed by atoms with Gasteiger partial charge in [-0.1, -0.05) is 309 Å². The molecule has 0 spiro atoms. The van der Waals surface area contributed by atoms with Crippen molar-refractivity contribution in [1.82, 2.24) is 59.4 Å². The lowest BCUT2D eigenvalue weighted by Gasteiger charge is -2.44. The summed E-state index contributed by atoms with van der Waals surface area (Å²) < 4.78 is 2.34. The van der Waals surface area contributed by atoms with E-state index in [1.807, 2.05) is 188 Å². The standard InChI is InChI=1S/C109H69BN14/c1-10-32-71(33-11-1)90-69-91(112-100(111-90)78-56-54-70(55-57-78)82-67-97-99-98(68-82)123(84-48-26-9-27-49-84)96-53-31-29-51-89(96)110(99)88-50-28-30-52-95(88)122(97)83-46-24-8-25-47-83)87-66-81(109-120-105(76-42-20-6-21-43-76)115-106(121-109)77-44-22-7-23-45-77)60-63-94(87)124-92-61-58-79(107-116-101(72-34-12-2-13-35-72)113-102(117-107)73-36-14-3-15-37-73)64-85(92)86-65-80(59-62-93(86)124)108-118-103(74-38-16-4-17-39-74)114-104(119-108)75-40-18-5-19-41-75/h1-69H. The first-order chi connectivity index (χ1) is 61.4. The zero-order valence-electron chi connectivity index (χ0n) is 66.7. The second-order valence-electron chi connectivity index (χ2n) is 30.9. The average molecular weight is 1590 g/mol. The summed E-state index contributed by atoms with van der Waals surface area (Å²) in [7, 11) is 0. The van der Waals surface area contributed by atoms with E-state index in [4.69, 9.17) is 54.8 Å². The van der Waals surface area contributed by atoms with Crippen LogP contribution in [0.2, 0.25) is 0 Å². The second-order valence-corrected chi connectivity index (χ2v) is 30.9. The van der Waals surface area contributed by atoms with Crippen LogP contribution in [-0.4, -0.2) is 66.1 Å². The fourth-order valence-electron chi connectivity index (χ4n) is 17.5. The van der Waals surface area contributed by atoms with Gasteiger partial charge in [0.05, 0.1) is 28.1 Å². The van der Waals surface area contributed by atoms with Crippen LogP contribution in [0, 0.1) is 0 Å². The SMILES string of the molecule is c1ccc(-c2cc(-c3cc(-c4nc(-c5ccccc5)nc(-c5ccccc5)n4)ccc3-n3c4ccc(-c5nc(-c6ccccc6)nc(-c6ccccc6)n5)cc4c4cc(-c5nc(-c6ccccc6)nc(-c6ccccc6)n5)ccc43)nc(-c3ccc(-c4cc5c6c(c4)N(c4ccccc4)c4ccccc4B6c4ccccc4N5c4ccccc4)cc3)n2)cc1. The molecule has 16 aromatic carbocycles. The van der Waals surface area contributed by atoms with Crippen LogP contribution in [-0.2, 0) is 0 Å². The Morgan fingerprint density at radius 3 is 0.839 bits per heavy atom. The van der Waals surface area contributed by atoms with Crippen LogP contribution in [0.25, 0.3) is 175 Å². The molecule has 0 saturated heterocycles. The number of hydrogen-bond donors (Lipinski definition) is 0. The highest BCUT2D eigenvalue weighted by molar-refractivity contribution is 7.00. The number of nitrogens with zero attached hydrogens (tertiary/aromatic N) is 14. The normalized spacial score (nSPS) is 12.0. The minimum Gasteiger partial charge on any atom is -0.311 e. The van der Waals surface area contributed by atoms with Crippen LogP contribution in [0.15, 0.2) is 419 Å². The van der Waals surface area contributed by atoms with E-state index in [9.17, 15) is 0 Å². The summed E-state index contributed by atoms with van der Waals surface area (Å²) in [5, 5.41) is 1.83. The van der Waals surface area contributed by atoms with Gasteiger partial charge in [-0.05, 0) is 137 Å². The van der Waals surface area contributed by atoms with Gasteiger partial charge >= 0.3 is 0 Å². The van der Waals surface area contributed by atoms with E-state index >= 15 is 0 Å². The van der Waals surface area contributed by atoms with Crippen molar-refractivity contribution in [3.05, 3.63) is 419 Å². The zero-order chi connectivity index (χ0) is 82.0. The highest BCUT2D eigenvalue weighted by atomic mass is 15.2. The molecule has 0 radical (unpaired) electrons. The molecule has 2 aliphatic rings. The molecule has 0 fully saturated rings. The van der Waals surface area contributed by atoms with Crippen molar-refractivity contribution in [1.29, 1.82) is 0 Å². The first kappa shape index (κ1) is 72.3. The summed E-state index contributed by atoms with van der Waals surface area (Å²) in [5.74, 6) is 5.32. The fourth-order valence-corrected chi connectivity index (χ4v) is 17.5. The Morgan fingerprint density at radius 2 is 0.460 bits per heavy atom. The summed E-state index contributed by atoms with van der Waals surface area (Å²) in [6, 6.07) is 145. The van der Waals surface area contributed by atoms with Crippen LogP contribution in [0.4, 0.5) is 34.1 Å². The van der Waals surface area contributed by atoms with Gasteiger partial charge in [-0.2, -0.15) is 0 Å². The maximum Gasteiger partial charge on any atom is 0.252 e. The molecule has 15 heteroatoms. The first-order valence-electron chi connectivity index (χ1n) is 41.4. The van der Waals surface area contributed by atoms with Crippen molar-refractivity contribution in [2.24, 2.45) is 0 Å². The molecule has 7 heterocycles. The summed E-state index contributed by atoms with van der Waals surface area (Å²) in [6.07, 6.45) is 0. The molecule has 0 N–H and O–H groups in total. The molecule has 14 nitrogen and oxygen atoms in total. The van der Waals surface area contributed by atoms with Crippen molar-refractivity contribution in [2.75, 3.05) is 9.80 Å². The predicted molar refractivity (Wildman–Crippen MR) is 501 cm³/mol. The van der Waals surface area contributed by atoms with Crippen molar-refractivity contribution in [2.45, 2.75) is 0 Å². The van der Waals surface area contributed by atoms with Gasteiger partial charge < -0.3 is 14.4 Å². The molecule has 578 valence electrons. The number of benzene rings is 16. The summed E-state index contributed by atoms with van der Waals surface area (Å²) >= 11 is 0. The van der Waals surface area contributed by atoms with Gasteiger partial charge in [0, 0.05) is 112 Å². The summed E-state index contributed by atoms with van der Waals surface area (Å²) in [6.45, 7) is -0.0307. The van der Waals surface area contributed by atoms with Crippen molar-refractivity contribution >= 4 is 79.0 Å². The highest BCUT2D eigenvalue weighted by Crippen LogP contribution is 2.48. The van der Waals surface area contributed by atoms with E-state index in [1.54, 1.807) is 0 Å². The van der Waals surface area contributed by atoms with Crippen LogP contribution >= 0.6 is 0 Å². The maximum atomic E-state index is 5.83. The lowest BCUT2D eigenvalue weighted by Crippen LogP contribution is -2.61. The van der Waals surface area contributed by atoms with Gasteiger partial charge in [0.15, 0.2) is 58.2 Å². The highest BCUT2D eigenvalue weighted by Gasteiger charge is 2.43. The molecule has 124 heavy (non-hydrogen) atoms. The van der Waals surface area contributed by atoms with Gasteiger partial charge in [-0.25, -0.2) is 54.8 Å². The molecule has 0 atom stereocenters. The first-order valence-corrected chi connectivity index (χ1v) is 41.4. The lowest BCUT2D eigenvalue weighted by atomic mass is 9.33. The van der Waals surface area contributed by atoms with Gasteiger partial charge in [0.25, 0.3) is 6.71 Å². The number of anilines is 6. The minimum absolute atomic E-state index is 0.0307. The van der Waals surface area contributed by atoms with Crippen LogP contribution in [0.5, 0.6) is 0 Å². The zero-order valence-corrected chi connectivity index (χ0v) is 66.7. The monoisotopic (exact) mass is 1580 g/mol. The molecule has 21 aromatic rings. The summed E-state index contributed by atoms with van der Waals surface area (Å²) in [4.78, 5) is 63.7. The third-order valence-corrected chi connectivity index (χ3v) is 23.3. The number of rotatable bonds is 16. The van der Waals surface area contributed by atoms with Crippen LogP contribution in [0.3, 0.4) is 0 Å². The van der Waals surface area contributed by atoms with Gasteiger partial charge in [-0.3, -0.25) is 0 Å². The van der Waals surface area contributed by atoms with Crippen molar-refractivity contribution in [3.8, 4) is 153 Å². The molecule has 0 saturated carbocycles. The third kappa shape index (κ3) is 13.2. The molecule has 0 aliphatic carbocycles. The number of aromatic nitrogens is 12. The molecule has 0 amide bonds. The van der Waals surface area contributed by atoms with Gasteiger partial charge in [0.1, 0.15) is 0 Å². The Labute approximate surface area is 715 Å². The van der Waals surface area contributed by atoms with Gasteiger partial charge in [0.2, 0.25) is 0 Å². The molecule has 23 rings (SSSR count). The minimum atomic E-state index is -0.0307. The van der Waals surface area contributed by atoms with Crippen molar-refractivity contribution < 1.29 is 0 Å². The molecular formula is C109H69BN14. The van der Waals surface area contributed by atoms with Crippen LogP contribution < -0.4 is 26.2 Å². The molecule has 5 aromatic heterocycles. The van der Waals surface area contributed by atoms with Crippen molar-refractivity contribution in [3.63, 3.8) is 0 Å². The Bertz CT molecular complexity index is 7180. The van der Waals surface area contributed by atoms with E-state index in [1.165, 1.54) is 16.4 Å². The molecule has 0 bridgehead atoms. The van der Waals surface area contributed by atoms with Gasteiger partial charge in [-0.15, -0.1) is 0 Å². The van der Waals surface area contributed by atoms with E-state index in [2.05, 4.69) is 245 Å². The third-order valence-electron chi connectivity index (χ3n) is 23.3. The largest absolute Gasteiger partial charge is 0.311 e. The number of fused-ring (bicyclic) bond motifs is 7. The van der Waals surface area contributed by atoms with E-state index in [-0.39, 0.29) is 6.71 Å². The second kappa shape index (κ2) is 30.8. The molecular weight excluding hydrogens is 1520 g/mol. The Balaban J connectivity index is 0.747. The average Bonchev–Trinajstić information content (AvgIpc) is 0.858. The van der Waals surface area contributed by atoms with E-state index < -0.39 is 0 Å². The number of para-hydroxylation sites is 4.